The summed E-state index contributed by atoms with van der Waals surface area (Å²) in [4.78, 5) is 18.8. The molecule has 0 spiro atoms. The van der Waals surface area contributed by atoms with Gasteiger partial charge in [0.1, 0.15) is 11.6 Å². The van der Waals surface area contributed by atoms with Crippen LogP contribution in [0.4, 0.5) is 0 Å². The number of aromatic carboxylic acids is 1. The standard InChI is InChI=1S/C20H23N3O5S/c1-12-9-15(28-4)10-13(2)19(12)29(26,27)23(3)8-7-18-21-16-6-5-14(20(24)25)11-17(16)22-18/h5-6,9-11H,7-8H2,1-4H3,(H,21,22)(H,24,25). The number of aromatic nitrogens is 2. The summed E-state index contributed by atoms with van der Waals surface area (Å²) in [6, 6.07) is 8.03. The highest BCUT2D eigenvalue weighted by Crippen LogP contribution is 2.27. The number of fused-ring (bicyclic) bond motifs is 1. The van der Waals surface area contributed by atoms with Gasteiger partial charge in [0.2, 0.25) is 10.0 Å². The van der Waals surface area contributed by atoms with Crippen molar-refractivity contribution in [1.82, 2.24) is 14.3 Å². The minimum absolute atomic E-state index is 0.165. The Morgan fingerprint density at radius 1 is 1.21 bits per heavy atom. The minimum Gasteiger partial charge on any atom is -0.497 e. The number of carboxylic acid groups (broad SMARTS) is 1. The molecule has 0 saturated carbocycles. The average molecular weight is 417 g/mol. The number of carboxylic acids is 1. The van der Waals surface area contributed by atoms with E-state index in [4.69, 9.17) is 9.84 Å². The molecule has 0 atom stereocenters. The number of hydrogen-bond donors (Lipinski definition) is 2. The fraction of sp³-hybridized carbons (Fsp3) is 0.300. The van der Waals surface area contributed by atoms with Crippen LogP contribution in [0.25, 0.3) is 11.0 Å². The van der Waals surface area contributed by atoms with E-state index in [1.807, 2.05) is 0 Å². The summed E-state index contributed by atoms with van der Waals surface area (Å²) in [5.41, 5.74) is 2.65. The maximum atomic E-state index is 13.1. The van der Waals surface area contributed by atoms with E-state index in [9.17, 15) is 13.2 Å². The SMILES string of the molecule is COc1cc(C)c(S(=O)(=O)N(C)CCc2nc3ccc(C(=O)O)cc3[nH]2)c(C)c1. The number of likely N-dealkylation sites (N-methyl/N-ethyl adjacent to an activating group) is 1. The van der Waals surface area contributed by atoms with Crippen molar-refractivity contribution in [2.24, 2.45) is 0 Å². The Bertz CT molecular complexity index is 1160. The second-order valence-electron chi connectivity index (χ2n) is 6.89. The quantitative estimate of drug-likeness (QED) is 0.611. The molecule has 0 fully saturated rings. The van der Waals surface area contributed by atoms with E-state index in [1.54, 1.807) is 39.2 Å². The lowest BCUT2D eigenvalue weighted by Gasteiger charge is -2.20. The molecule has 3 rings (SSSR count). The van der Waals surface area contributed by atoms with Gasteiger partial charge in [-0.15, -0.1) is 0 Å². The maximum absolute atomic E-state index is 13.1. The molecule has 2 aromatic carbocycles. The van der Waals surface area contributed by atoms with Gasteiger partial charge < -0.3 is 14.8 Å². The number of ether oxygens (including phenoxy) is 1. The first-order chi connectivity index (χ1) is 13.6. The van der Waals surface area contributed by atoms with Crippen molar-refractivity contribution < 1.29 is 23.1 Å². The smallest absolute Gasteiger partial charge is 0.335 e. The topological polar surface area (TPSA) is 113 Å². The lowest BCUT2D eigenvalue weighted by atomic mass is 10.1. The fourth-order valence-corrected chi connectivity index (χ4v) is 4.86. The second-order valence-corrected chi connectivity index (χ2v) is 8.87. The summed E-state index contributed by atoms with van der Waals surface area (Å²) >= 11 is 0. The van der Waals surface area contributed by atoms with E-state index in [-0.39, 0.29) is 17.0 Å². The van der Waals surface area contributed by atoms with Crippen LogP contribution in [0, 0.1) is 13.8 Å². The van der Waals surface area contributed by atoms with E-state index in [2.05, 4.69) is 9.97 Å². The number of aryl methyl sites for hydroxylation is 2. The predicted molar refractivity (Wildman–Crippen MR) is 109 cm³/mol. The Kier molecular flexibility index (Phi) is 5.63. The Hall–Kier alpha value is -2.91. The Labute approximate surface area is 169 Å². The Morgan fingerprint density at radius 2 is 1.86 bits per heavy atom. The molecule has 0 radical (unpaired) electrons. The third kappa shape index (κ3) is 4.10. The summed E-state index contributed by atoms with van der Waals surface area (Å²) in [5.74, 6) is 0.191. The summed E-state index contributed by atoms with van der Waals surface area (Å²) in [7, 11) is -0.611. The normalized spacial score (nSPS) is 11.9. The van der Waals surface area contributed by atoms with Crippen LogP contribution >= 0.6 is 0 Å². The van der Waals surface area contributed by atoms with Gasteiger partial charge in [-0.1, -0.05) is 0 Å². The lowest BCUT2D eigenvalue weighted by molar-refractivity contribution is 0.0697. The van der Waals surface area contributed by atoms with Crippen molar-refractivity contribution in [2.45, 2.75) is 25.2 Å². The average Bonchev–Trinajstić information content (AvgIpc) is 3.07. The molecule has 0 amide bonds. The van der Waals surface area contributed by atoms with Crippen LogP contribution in [-0.2, 0) is 16.4 Å². The molecule has 8 nitrogen and oxygen atoms in total. The second kappa shape index (κ2) is 7.84. The highest BCUT2D eigenvalue weighted by Gasteiger charge is 2.25. The first-order valence-corrected chi connectivity index (χ1v) is 10.4. The van der Waals surface area contributed by atoms with Crippen molar-refractivity contribution in [3.05, 3.63) is 52.8 Å². The first-order valence-electron chi connectivity index (χ1n) is 8.97. The zero-order valence-electron chi connectivity index (χ0n) is 16.7. The van der Waals surface area contributed by atoms with E-state index in [0.29, 0.717) is 40.2 Å². The fourth-order valence-electron chi connectivity index (χ4n) is 3.29. The molecule has 154 valence electrons. The van der Waals surface area contributed by atoms with Crippen LogP contribution < -0.4 is 4.74 Å². The predicted octanol–water partition coefficient (Wildman–Crippen LogP) is 2.75. The van der Waals surface area contributed by atoms with E-state index >= 15 is 0 Å². The highest BCUT2D eigenvalue weighted by atomic mass is 32.2. The monoisotopic (exact) mass is 417 g/mol. The maximum Gasteiger partial charge on any atom is 0.335 e. The van der Waals surface area contributed by atoms with Crippen molar-refractivity contribution in [3.8, 4) is 5.75 Å². The van der Waals surface area contributed by atoms with Gasteiger partial charge in [0.05, 0.1) is 28.6 Å². The largest absolute Gasteiger partial charge is 0.497 e. The minimum atomic E-state index is -3.69. The van der Waals surface area contributed by atoms with Gasteiger partial charge in [-0.2, -0.15) is 0 Å². The summed E-state index contributed by atoms with van der Waals surface area (Å²) in [6.07, 6.45) is 0.362. The van der Waals surface area contributed by atoms with Gasteiger partial charge in [0, 0.05) is 20.0 Å². The molecule has 3 aromatic rings. The molecule has 0 saturated heterocycles. The number of aromatic amines is 1. The number of hydrogen-bond acceptors (Lipinski definition) is 5. The number of nitrogens with zero attached hydrogens (tertiary/aromatic N) is 2. The van der Waals surface area contributed by atoms with Crippen molar-refractivity contribution in [1.29, 1.82) is 0 Å². The number of nitrogens with one attached hydrogen (secondary N) is 1. The van der Waals surface area contributed by atoms with Gasteiger partial charge in [0.15, 0.2) is 0 Å². The molecule has 9 heteroatoms. The molecule has 0 aliphatic carbocycles. The van der Waals surface area contributed by atoms with Gasteiger partial charge in [-0.3, -0.25) is 0 Å². The number of imidazole rings is 1. The van der Waals surface area contributed by atoms with Crippen LogP contribution in [0.2, 0.25) is 0 Å². The van der Waals surface area contributed by atoms with Crippen LogP contribution in [0.3, 0.4) is 0 Å². The number of rotatable bonds is 7. The third-order valence-electron chi connectivity index (χ3n) is 4.78. The Balaban J connectivity index is 1.80. The molecule has 0 aliphatic rings. The van der Waals surface area contributed by atoms with Crippen LogP contribution in [-0.4, -0.2) is 54.5 Å². The van der Waals surface area contributed by atoms with E-state index < -0.39 is 16.0 Å². The summed E-state index contributed by atoms with van der Waals surface area (Å²) < 4.78 is 32.7. The van der Waals surface area contributed by atoms with Crippen LogP contribution in [0.1, 0.15) is 27.3 Å². The zero-order chi connectivity index (χ0) is 21.3. The van der Waals surface area contributed by atoms with Gasteiger partial charge in [-0.05, 0) is 55.3 Å². The summed E-state index contributed by atoms with van der Waals surface area (Å²) in [6.45, 7) is 3.71. The molecular formula is C20H23N3O5S. The Morgan fingerprint density at radius 3 is 2.45 bits per heavy atom. The number of H-pyrrole nitrogens is 1. The molecule has 2 N–H and O–H groups in total. The zero-order valence-corrected chi connectivity index (χ0v) is 17.5. The molecule has 0 unspecified atom stereocenters. The lowest BCUT2D eigenvalue weighted by Crippen LogP contribution is -2.30. The van der Waals surface area contributed by atoms with Crippen LogP contribution in [0.15, 0.2) is 35.2 Å². The molecule has 0 bridgehead atoms. The molecular weight excluding hydrogens is 394 g/mol. The van der Waals surface area contributed by atoms with Gasteiger partial charge in [-0.25, -0.2) is 22.5 Å². The first kappa shape index (κ1) is 20.8. The molecule has 1 aromatic heterocycles. The van der Waals surface area contributed by atoms with Crippen molar-refractivity contribution in [2.75, 3.05) is 20.7 Å². The third-order valence-corrected chi connectivity index (χ3v) is 6.94. The van der Waals surface area contributed by atoms with E-state index in [1.165, 1.54) is 23.5 Å². The number of methoxy groups -OCH3 is 1. The van der Waals surface area contributed by atoms with Gasteiger partial charge >= 0.3 is 5.97 Å². The number of carbonyl (C=O) groups is 1. The molecule has 29 heavy (non-hydrogen) atoms. The molecule has 1 heterocycles. The van der Waals surface area contributed by atoms with Crippen molar-refractivity contribution >= 4 is 27.0 Å². The number of benzene rings is 2. The van der Waals surface area contributed by atoms with Crippen LogP contribution in [0.5, 0.6) is 5.75 Å². The van der Waals surface area contributed by atoms with Gasteiger partial charge in [0.25, 0.3) is 0 Å². The molecule has 0 aliphatic heterocycles. The summed E-state index contributed by atoms with van der Waals surface area (Å²) in [5, 5.41) is 9.09. The van der Waals surface area contributed by atoms with E-state index in [0.717, 1.165) is 0 Å². The highest BCUT2D eigenvalue weighted by molar-refractivity contribution is 7.89. The van der Waals surface area contributed by atoms with Crippen molar-refractivity contribution in [3.63, 3.8) is 0 Å². The number of sulfonamides is 1.